The average Bonchev–Trinajstić information content (AvgIpc) is 2.62. The summed E-state index contributed by atoms with van der Waals surface area (Å²) in [5.74, 6) is 0.142. The van der Waals surface area contributed by atoms with E-state index in [0.29, 0.717) is 38.4 Å². The lowest BCUT2D eigenvalue weighted by atomic mass is 10.2. The zero-order valence-corrected chi connectivity index (χ0v) is 15.6. The third-order valence-electron chi connectivity index (χ3n) is 4.04. The van der Waals surface area contributed by atoms with Gasteiger partial charge >= 0.3 is 0 Å². The maximum absolute atomic E-state index is 12.9. The molecule has 0 bridgehead atoms. The maximum atomic E-state index is 12.9. The van der Waals surface area contributed by atoms with Crippen LogP contribution in [0.15, 0.2) is 23.1 Å². The van der Waals surface area contributed by atoms with E-state index in [4.69, 9.17) is 9.47 Å². The van der Waals surface area contributed by atoms with Gasteiger partial charge < -0.3 is 14.8 Å². The number of benzene rings is 1. The average molecular weight is 370 g/mol. The van der Waals surface area contributed by atoms with Crippen LogP contribution >= 0.6 is 0 Å². The van der Waals surface area contributed by atoms with E-state index in [-0.39, 0.29) is 16.6 Å². The molecule has 1 aromatic carbocycles. The standard InChI is InChI=1S/C17H26N2O5S/c1-3-4-5-6-17(20)18-14-7-8-15(23-2)16(13-14)25(21,22)19-9-11-24-12-10-19/h7-8,13H,3-6,9-12H2,1-2H3,(H,18,20). The molecule has 1 saturated heterocycles. The van der Waals surface area contributed by atoms with Gasteiger partial charge in [0.1, 0.15) is 10.6 Å². The molecule has 2 rings (SSSR count). The second-order valence-electron chi connectivity index (χ2n) is 5.89. The number of methoxy groups -OCH3 is 1. The Labute approximate surface area is 149 Å². The fourth-order valence-corrected chi connectivity index (χ4v) is 4.23. The molecule has 1 aliphatic heterocycles. The van der Waals surface area contributed by atoms with Gasteiger partial charge in [-0.25, -0.2) is 8.42 Å². The number of nitrogens with one attached hydrogen (secondary N) is 1. The second-order valence-corrected chi connectivity index (χ2v) is 7.79. The van der Waals surface area contributed by atoms with Crippen molar-refractivity contribution in [2.24, 2.45) is 0 Å². The first-order chi connectivity index (χ1) is 12.0. The zero-order chi connectivity index (χ0) is 18.3. The summed E-state index contributed by atoms with van der Waals surface area (Å²) in [5, 5.41) is 2.77. The molecule has 0 aliphatic carbocycles. The molecule has 1 aliphatic rings. The van der Waals surface area contributed by atoms with Crippen LogP contribution in [-0.4, -0.2) is 52.0 Å². The minimum absolute atomic E-state index is 0.0586. The molecular weight excluding hydrogens is 344 g/mol. The van der Waals surface area contributed by atoms with Crippen LogP contribution in [-0.2, 0) is 19.6 Å². The van der Waals surface area contributed by atoms with Gasteiger partial charge in [-0.05, 0) is 24.6 Å². The largest absolute Gasteiger partial charge is 0.495 e. The molecule has 1 fully saturated rings. The van der Waals surface area contributed by atoms with Crippen LogP contribution < -0.4 is 10.1 Å². The van der Waals surface area contributed by atoms with E-state index in [9.17, 15) is 13.2 Å². The molecule has 25 heavy (non-hydrogen) atoms. The summed E-state index contributed by atoms with van der Waals surface area (Å²) in [7, 11) is -2.28. The summed E-state index contributed by atoms with van der Waals surface area (Å²) in [4.78, 5) is 12.0. The molecule has 1 N–H and O–H groups in total. The molecule has 0 aromatic heterocycles. The van der Waals surface area contributed by atoms with Crippen molar-refractivity contribution in [2.75, 3.05) is 38.7 Å². The van der Waals surface area contributed by atoms with E-state index in [1.807, 2.05) is 0 Å². The number of anilines is 1. The number of hydrogen-bond acceptors (Lipinski definition) is 5. The van der Waals surface area contributed by atoms with Gasteiger partial charge in [-0.3, -0.25) is 4.79 Å². The fraction of sp³-hybridized carbons (Fsp3) is 0.588. The van der Waals surface area contributed by atoms with E-state index in [2.05, 4.69) is 12.2 Å². The quantitative estimate of drug-likeness (QED) is 0.710. The predicted octanol–water partition coefficient (Wildman–Crippen LogP) is 2.23. The first-order valence-corrected chi connectivity index (χ1v) is 9.99. The molecule has 140 valence electrons. The lowest BCUT2D eigenvalue weighted by molar-refractivity contribution is -0.116. The van der Waals surface area contributed by atoms with Crippen LogP contribution in [0, 0.1) is 0 Å². The normalized spacial score (nSPS) is 15.8. The first-order valence-electron chi connectivity index (χ1n) is 8.55. The Hall–Kier alpha value is -1.64. The number of amides is 1. The van der Waals surface area contributed by atoms with Gasteiger partial charge in [-0.15, -0.1) is 0 Å². The van der Waals surface area contributed by atoms with Crippen LogP contribution in [0.5, 0.6) is 5.75 Å². The molecule has 1 aromatic rings. The smallest absolute Gasteiger partial charge is 0.246 e. The van der Waals surface area contributed by atoms with Crippen molar-refractivity contribution in [2.45, 2.75) is 37.5 Å². The van der Waals surface area contributed by atoms with Gasteiger partial charge in [0.05, 0.1) is 20.3 Å². The Morgan fingerprint density at radius 2 is 2.00 bits per heavy atom. The van der Waals surface area contributed by atoms with Crippen molar-refractivity contribution in [3.8, 4) is 5.75 Å². The minimum Gasteiger partial charge on any atom is -0.495 e. The monoisotopic (exact) mass is 370 g/mol. The van der Waals surface area contributed by atoms with Gasteiger partial charge in [-0.1, -0.05) is 19.8 Å². The van der Waals surface area contributed by atoms with Gasteiger partial charge in [0.25, 0.3) is 0 Å². The molecule has 0 unspecified atom stereocenters. The van der Waals surface area contributed by atoms with Crippen molar-refractivity contribution in [1.82, 2.24) is 4.31 Å². The van der Waals surface area contributed by atoms with Crippen LogP contribution in [0.4, 0.5) is 5.69 Å². The number of rotatable bonds is 8. The Kier molecular flexibility index (Phi) is 7.22. The van der Waals surface area contributed by atoms with E-state index >= 15 is 0 Å². The van der Waals surface area contributed by atoms with Crippen molar-refractivity contribution >= 4 is 21.6 Å². The summed E-state index contributed by atoms with van der Waals surface area (Å²) in [5.41, 5.74) is 0.453. The lowest BCUT2D eigenvalue weighted by Gasteiger charge is -2.26. The molecule has 7 nitrogen and oxygen atoms in total. The maximum Gasteiger partial charge on any atom is 0.246 e. The van der Waals surface area contributed by atoms with Gasteiger partial charge in [-0.2, -0.15) is 4.31 Å². The van der Waals surface area contributed by atoms with Crippen LogP contribution in [0.1, 0.15) is 32.6 Å². The SMILES string of the molecule is CCCCCC(=O)Nc1ccc(OC)c(S(=O)(=O)N2CCOCC2)c1. The summed E-state index contributed by atoms with van der Waals surface area (Å²) in [6.45, 7) is 3.42. The number of hydrogen-bond donors (Lipinski definition) is 1. The number of morpholine rings is 1. The Morgan fingerprint density at radius 3 is 2.64 bits per heavy atom. The molecule has 1 heterocycles. The van der Waals surface area contributed by atoms with E-state index in [1.54, 1.807) is 12.1 Å². The molecule has 8 heteroatoms. The van der Waals surface area contributed by atoms with Crippen LogP contribution in [0.2, 0.25) is 0 Å². The number of carbonyl (C=O) groups excluding carboxylic acids is 1. The number of sulfonamides is 1. The van der Waals surface area contributed by atoms with Gasteiger partial charge in [0.2, 0.25) is 15.9 Å². The molecule has 1 amide bonds. The van der Waals surface area contributed by atoms with Crippen molar-refractivity contribution < 1.29 is 22.7 Å². The Balaban J connectivity index is 2.20. The van der Waals surface area contributed by atoms with E-state index in [0.717, 1.165) is 19.3 Å². The van der Waals surface area contributed by atoms with Gasteiger partial charge in [0.15, 0.2) is 0 Å². The van der Waals surface area contributed by atoms with Crippen molar-refractivity contribution in [1.29, 1.82) is 0 Å². The fourth-order valence-electron chi connectivity index (χ4n) is 2.64. The number of nitrogens with zero attached hydrogens (tertiary/aromatic N) is 1. The lowest BCUT2D eigenvalue weighted by Crippen LogP contribution is -2.40. The molecule has 0 saturated carbocycles. The molecular formula is C17H26N2O5S. The van der Waals surface area contributed by atoms with E-state index < -0.39 is 10.0 Å². The summed E-state index contributed by atoms with van der Waals surface area (Å²) in [6, 6.07) is 4.67. The number of unbranched alkanes of at least 4 members (excludes halogenated alkanes) is 2. The van der Waals surface area contributed by atoms with E-state index in [1.165, 1.54) is 17.5 Å². The van der Waals surface area contributed by atoms with Crippen molar-refractivity contribution in [3.63, 3.8) is 0 Å². The number of carbonyl (C=O) groups is 1. The summed E-state index contributed by atoms with van der Waals surface area (Å²) >= 11 is 0. The highest BCUT2D eigenvalue weighted by atomic mass is 32.2. The van der Waals surface area contributed by atoms with Crippen LogP contribution in [0.3, 0.4) is 0 Å². The first kappa shape index (κ1) is 19.7. The molecule has 0 spiro atoms. The number of ether oxygens (including phenoxy) is 2. The predicted molar refractivity (Wildman–Crippen MR) is 95.3 cm³/mol. The third kappa shape index (κ3) is 5.17. The van der Waals surface area contributed by atoms with Gasteiger partial charge in [0, 0.05) is 25.2 Å². The highest BCUT2D eigenvalue weighted by molar-refractivity contribution is 7.89. The van der Waals surface area contributed by atoms with Crippen molar-refractivity contribution in [3.05, 3.63) is 18.2 Å². The highest BCUT2D eigenvalue weighted by Crippen LogP contribution is 2.30. The molecule has 0 radical (unpaired) electrons. The Morgan fingerprint density at radius 1 is 1.28 bits per heavy atom. The summed E-state index contributed by atoms with van der Waals surface area (Å²) < 4.78 is 37.6. The third-order valence-corrected chi connectivity index (χ3v) is 5.96. The highest BCUT2D eigenvalue weighted by Gasteiger charge is 2.29. The molecule has 0 atom stereocenters. The zero-order valence-electron chi connectivity index (χ0n) is 14.8. The minimum atomic E-state index is -3.71. The second kappa shape index (κ2) is 9.17. The topological polar surface area (TPSA) is 84.9 Å². The summed E-state index contributed by atoms with van der Waals surface area (Å²) in [6.07, 6.45) is 3.27. The Bertz CT molecular complexity index is 684. The van der Waals surface area contributed by atoms with Crippen LogP contribution in [0.25, 0.3) is 0 Å².